The van der Waals surface area contributed by atoms with Crippen LogP contribution in [0.3, 0.4) is 0 Å². The van der Waals surface area contributed by atoms with Crippen LogP contribution < -0.4 is 0 Å². The number of amides is 1. The second kappa shape index (κ2) is 7.55. The van der Waals surface area contributed by atoms with E-state index in [0.717, 1.165) is 0 Å². The maximum atomic E-state index is 12.7. The minimum atomic E-state index is -0.728. The van der Waals surface area contributed by atoms with E-state index in [4.69, 9.17) is 14.2 Å². The number of esters is 1. The zero-order valence-corrected chi connectivity index (χ0v) is 15.9. The maximum absolute atomic E-state index is 12.7. The zero-order chi connectivity index (χ0) is 18.7. The van der Waals surface area contributed by atoms with Gasteiger partial charge in [-0.1, -0.05) is 6.08 Å². The van der Waals surface area contributed by atoms with E-state index >= 15 is 0 Å². The largest absolute Gasteiger partial charge is 0.458 e. The molecule has 0 spiro atoms. The van der Waals surface area contributed by atoms with Gasteiger partial charge in [0, 0.05) is 13.0 Å². The smallest absolute Gasteiger partial charge is 0.413 e. The van der Waals surface area contributed by atoms with Gasteiger partial charge in [0.1, 0.15) is 23.5 Å². The van der Waals surface area contributed by atoms with Gasteiger partial charge in [-0.05, 0) is 54.4 Å². The van der Waals surface area contributed by atoms with Crippen molar-refractivity contribution in [3.05, 3.63) is 12.7 Å². The van der Waals surface area contributed by atoms with Gasteiger partial charge in [0.2, 0.25) is 0 Å². The third-order valence-electron chi connectivity index (χ3n) is 3.53. The molecule has 3 atom stereocenters. The van der Waals surface area contributed by atoms with E-state index in [1.165, 1.54) is 12.0 Å². The molecular weight excluding hydrogens is 310 g/mol. The van der Waals surface area contributed by atoms with Crippen molar-refractivity contribution in [2.75, 3.05) is 7.11 Å². The first-order chi connectivity index (χ1) is 10.9. The summed E-state index contributed by atoms with van der Waals surface area (Å²) in [5.74, 6) is -0.473. The molecule has 6 nitrogen and oxygen atoms in total. The average Bonchev–Trinajstić information content (AvgIpc) is 2.73. The van der Waals surface area contributed by atoms with Gasteiger partial charge < -0.3 is 14.2 Å². The summed E-state index contributed by atoms with van der Waals surface area (Å²) in [5, 5.41) is 0. The monoisotopic (exact) mass is 341 g/mol. The van der Waals surface area contributed by atoms with Crippen LogP contribution in [-0.4, -0.2) is 47.5 Å². The van der Waals surface area contributed by atoms with Crippen LogP contribution in [0.2, 0.25) is 0 Å². The number of likely N-dealkylation sites (tertiary alicyclic amines) is 1. The van der Waals surface area contributed by atoms with Crippen LogP contribution in [0.4, 0.5) is 4.79 Å². The molecule has 0 saturated carbocycles. The van der Waals surface area contributed by atoms with Gasteiger partial charge in [0.05, 0.1) is 0 Å². The van der Waals surface area contributed by atoms with Crippen LogP contribution in [0, 0.1) is 5.92 Å². The van der Waals surface area contributed by atoms with Crippen LogP contribution in [0.15, 0.2) is 12.7 Å². The fourth-order valence-electron chi connectivity index (χ4n) is 2.78. The third-order valence-corrected chi connectivity index (χ3v) is 3.53. The molecule has 138 valence electrons. The Morgan fingerprint density at radius 3 is 2.08 bits per heavy atom. The topological polar surface area (TPSA) is 65.1 Å². The normalized spacial score (nSPS) is 24.6. The van der Waals surface area contributed by atoms with Gasteiger partial charge in [-0.15, -0.1) is 6.58 Å². The summed E-state index contributed by atoms with van der Waals surface area (Å²) in [4.78, 5) is 26.6. The first kappa shape index (κ1) is 20.5. The molecule has 1 heterocycles. The molecule has 1 aliphatic rings. The lowest BCUT2D eigenvalue weighted by Gasteiger charge is -2.32. The Bertz CT molecular complexity index is 475. The first-order valence-electron chi connectivity index (χ1n) is 8.27. The van der Waals surface area contributed by atoms with Crippen LogP contribution in [0.5, 0.6) is 0 Å². The van der Waals surface area contributed by atoms with Crippen molar-refractivity contribution in [2.24, 2.45) is 5.92 Å². The van der Waals surface area contributed by atoms with Crippen LogP contribution in [-0.2, 0) is 19.0 Å². The van der Waals surface area contributed by atoms with Crippen LogP contribution >= 0.6 is 0 Å². The molecule has 0 radical (unpaired) electrons. The number of hydrogen-bond donors (Lipinski definition) is 0. The average molecular weight is 341 g/mol. The second-order valence-electron chi connectivity index (χ2n) is 8.08. The highest BCUT2D eigenvalue weighted by molar-refractivity contribution is 5.82. The molecule has 0 aromatic carbocycles. The highest BCUT2D eigenvalue weighted by Crippen LogP contribution is 2.35. The summed E-state index contributed by atoms with van der Waals surface area (Å²) in [7, 11) is 1.52. The number of allylic oxidation sites excluding steroid dienone is 1. The van der Waals surface area contributed by atoms with E-state index in [-0.39, 0.29) is 5.92 Å². The SMILES string of the molecule is C=CC[C@@H]1C[C@@H](C(=O)OC(C)(C)C)N(C(=O)OC(C)(C)C)C1OC. The van der Waals surface area contributed by atoms with E-state index in [2.05, 4.69) is 6.58 Å². The molecule has 0 bridgehead atoms. The molecule has 1 fully saturated rings. The minimum absolute atomic E-state index is 0.0301. The summed E-state index contributed by atoms with van der Waals surface area (Å²) in [6.07, 6.45) is 1.74. The Morgan fingerprint density at radius 1 is 1.12 bits per heavy atom. The van der Waals surface area contributed by atoms with Gasteiger partial charge in [0.25, 0.3) is 0 Å². The lowest BCUT2D eigenvalue weighted by molar-refractivity contribution is -0.162. The Morgan fingerprint density at radius 2 is 1.67 bits per heavy atom. The minimum Gasteiger partial charge on any atom is -0.458 e. The number of ether oxygens (including phenoxy) is 3. The first-order valence-corrected chi connectivity index (χ1v) is 8.27. The van der Waals surface area contributed by atoms with Crippen molar-refractivity contribution >= 4 is 12.1 Å². The quantitative estimate of drug-likeness (QED) is 0.578. The molecular formula is C18H31NO5. The van der Waals surface area contributed by atoms with E-state index in [1.807, 2.05) is 0 Å². The second-order valence-corrected chi connectivity index (χ2v) is 8.08. The molecule has 0 N–H and O–H groups in total. The number of carbonyl (C=O) groups is 2. The van der Waals surface area contributed by atoms with Gasteiger partial charge in [-0.25, -0.2) is 9.59 Å². The molecule has 0 aromatic heterocycles. The molecule has 1 amide bonds. The molecule has 1 saturated heterocycles. The van der Waals surface area contributed by atoms with E-state index in [0.29, 0.717) is 12.8 Å². The standard InChI is InChI=1S/C18H31NO5/c1-9-10-12-11-13(15(20)23-17(2,3)4)19(14(12)22-8)16(21)24-18(5,6)7/h9,12-14H,1,10-11H2,2-8H3/t12-,13+,14?/m1/s1. The highest BCUT2D eigenvalue weighted by Gasteiger charge is 2.49. The van der Waals surface area contributed by atoms with Gasteiger partial charge >= 0.3 is 12.1 Å². The van der Waals surface area contributed by atoms with Crippen molar-refractivity contribution in [3.8, 4) is 0 Å². The molecule has 1 aliphatic heterocycles. The molecule has 1 rings (SSSR count). The summed E-state index contributed by atoms with van der Waals surface area (Å²) < 4.78 is 16.5. The zero-order valence-electron chi connectivity index (χ0n) is 15.9. The molecule has 0 aliphatic carbocycles. The summed E-state index contributed by atoms with van der Waals surface area (Å²) >= 11 is 0. The van der Waals surface area contributed by atoms with E-state index < -0.39 is 35.5 Å². The van der Waals surface area contributed by atoms with Crippen LogP contribution in [0.1, 0.15) is 54.4 Å². The van der Waals surface area contributed by atoms with Crippen molar-refractivity contribution in [1.29, 1.82) is 0 Å². The lowest BCUT2D eigenvalue weighted by Crippen LogP contribution is -2.49. The van der Waals surface area contributed by atoms with Crippen molar-refractivity contribution in [2.45, 2.75) is 77.9 Å². The molecule has 6 heteroatoms. The summed E-state index contributed by atoms with van der Waals surface area (Å²) in [6.45, 7) is 14.5. The number of rotatable bonds is 4. The fraction of sp³-hybridized carbons (Fsp3) is 0.778. The van der Waals surface area contributed by atoms with Crippen molar-refractivity contribution < 1.29 is 23.8 Å². The Kier molecular flexibility index (Phi) is 6.45. The van der Waals surface area contributed by atoms with Crippen LogP contribution in [0.25, 0.3) is 0 Å². The number of methoxy groups -OCH3 is 1. The Hall–Kier alpha value is -1.56. The number of hydrogen-bond acceptors (Lipinski definition) is 5. The molecule has 1 unspecified atom stereocenters. The number of carbonyl (C=O) groups excluding carboxylic acids is 2. The molecule has 0 aromatic rings. The van der Waals surface area contributed by atoms with Crippen molar-refractivity contribution in [1.82, 2.24) is 4.90 Å². The highest BCUT2D eigenvalue weighted by atomic mass is 16.6. The predicted octanol–water partition coefficient (Wildman–Crippen LogP) is 3.50. The maximum Gasteiger partial charge on any atom is 0.413 e. The number of nitrogens with zero attached hydrogens (tertiary/aromatic N) is 1. The van der Waals surface area contributed by atoms with Gasteiger partial charge in [0.15, 0.2) is 0 Å². The molecule has 24 heavy (non-hydrogen) atoms. The fourth-order valence-corrected chi connectivity index (χ4v) is 2.78. The lowest BCUT2D eigenvalue weighted by atomic mass is 10.0. The third kappa shape index (κ3) is 5.51. The van der Waals surface area contributed by atoms with Gasteiger partial charge in [-0.2, -0.15) is 0 Å². The Labute approximate surface area is 145 Å². The predicted molar refractivity (Wildman–Crippen MR) is 91.4 cm³/mol. The Balaban J connectivity index is 3.09. The van der Waals surface area contributed by atoms with E-state index in [1.54, 1.807) is 47.6 Å². The van der Waals surface area contributed by atoms with E-state index in [9.17, 15) is 9.59 Å². The summed E-state index contributed by atoms with van der Waals surface area (Å²) in [5.41, 5.74) is -1.29. The van der Waals surface area contributed by atoms with Crippen molar-refractivity contribution in [3.63, 3.8) is 0 Å². The summed E-state index contributed by atoms with van der Waals surface area (Å²) in [6, 6.07) is -0.728. The van der Waals surface area contributed by atoms with Gasteiger partial charge in [-0.3, -0.25) is 4.90 Å².